The number of carbonyl (C=O) groups is 4. The van der Waals surface area contributed by atoms with Crippen LogP contribution in [0.4, 0.5) is 26.7 Å². The molecule has 0 radical (unpaired) electrons. The molecular formula is C55H76N4O14S2Si. The van der Waals surface area contributed by atoms with Crippen LogP contribution in [-0.2, 0) is 13.9 Å². The molecule has 416 valence electrons. The van der Waals surface area contributed by atoms with E-state index in [0.29, 0.717) is 79.6 Å². The van der Waals surface area contributed by atoms with Crippen LogP contribution in [0.3, 0.4) is 0 Å². The number of methoxy groups -OCH3 is 2. The number of anilines is 2. The molecule has 21 heteroatoms. The van der Waals surface area contributed by atoms with Crippen molar-refractivity contribution >= 4 is 70.7 Å². The van der Waals surface area contributed by atoms with Crippen LogP contribution in [0.1, 0.15) is 114 Å². The van der Waals surface area contributed by atoms with Crippen LogP contribution in [-0.4, -0.2) is 105 Å². The van der Waals surface area contributed by atoms with Crippen LogP contribution in [0.5, 0.6) is 23.0 Å². The van der Waals surface area contributed by atoms with Gasteiger partial charge in [-0.2, -0.15) is 0 Å². The number of aliphatic hydroxyl groups is 1. The van der Waals surface area contributed by atoms with Gasteiger partial charge in [-0.15, -0.1) is 0 Å². The Balaban J connectivity index is 1.28. The first-order valence-corrected chi connectivity index (χ1v) is 30.6. The van der Waals surface area contributed by atoms with Crippen molar-refractivity contribution in [2.45, 2.75) is 127 Å². The van der Waals surface area contributed by atoms with Crippen molar-refractivity contribution in [1.82, 2.24) is 4.98 Å². The van der Waals surface area contributed by atoms with Gasteiger partial charge in [0.2, 0.25) is 0 Å². The number of amides is 2. The van der Waals surface area contributed by atoms with Gasteiger partial charge in [0.25, 0.3) is 5.69 Å². The summed E-state index contributed by atoms with van der Waals surface area (Å²) in [5, 5.41) is 26.9. The summed E-state index contributed by atoms with van der Waals surface area (Å²) in [6, 6.07) is 9.18. The van der Waals surface area contributed by atoms with E-state index >= 15 is 0 Å². The van der Waals surface area contributed by atoms with Gasteiger partial charge in [0.15, 0.2) is 42.9 Å². The predicted octanol–water partition coefficient (Wildman–Crippen LogP) is 12.9. The fourth-order valence-corrected chi connectivity index (χ4v) is 11.4. The second-order valence-electron chi connectivity index (χ2n) is 21.8. The summed E-state index contributed by atoms with van der Waals surface area (Å²) < 4.78 is 41.7. The molecule has 5 atom stereocenters. The molecule has 76 heavy (non-hydrogen) atoms. The molecule has 2 fully saturated rings. The first-order chi connectivity index (χ1) is 35.7. The summed E-state index contributed by atoms with van der Waals surface area (Å²) in [5.41, 5.74) is 1.72. The van der Waals surface area contributed by atoms with Gasteiger partial charge in [-0.05, 0) is 132 Å². The minimum absolute atomic E-state index is 0.00319. The van der Waals surface area contributed by atoms with Gasteiger partial charge < -0.3 is 38.0 Å². The maximum Gasteiger partial charge on any atom is 0.412 e. The van der Waals surface area contributed by atoms with E-state index in [1.54, 1.807) is 51.1 Å². The van der Waals surface area contributed by atoms with Crippen molar-refractivity contribution in [3.63, 3.8) is 0 Å². The standard InChI is InChI=1S/C55H76N4O14S2Si/c1-33-21-36(30-60)39(23-33)50(61)42-26-46(68-11)48(28-44(42)58-53(64)73-54(4,5)6)70-20-16-14-15-19-69-47-27-43(57-52(63)71-31-35(3)74-75-49-18-17-38(29-56-49)59(65)66)41(25-45(47)67-10)51(62)40-24-34(2)22-37(40)32-72-76(12,13)55(7,8)9/h17-18,25-29,35-37,39-40,60H,1-2,14-16,19-24,30-32H2,3-13H3,(H,57,63)(H,58,64)/t35-,36+,37+,39?,40?/m1/s1. The molecule has 2 aromatic carbocycles. The monoisotopic (exact) mass is 1110 g/mol. The van der Waals surface area contributed by atoms with E-state index in [4.69, 9.17) is 32.8 Å². The average Bonchev–Trinajstić information content (AvgIpc) is 3.93. The molecule has 2 aliphatic rings. The number of unbranched alkanes of at least 4 members (excludes halogenated alkanes) is 2. The fraction of sp³-hybridized carbons (Fsp3) is 0.545. The summed E-state index contributed by atoms with van der Waals surface area (Å²) >= 11 is 0. The second kappa shape index (κ2) is 27.1. The van der Waals surface area contributed by atoms with Crippen molar-refractivity contribution in [2.75, 3.05) is 57.9 Å². The highest BCUT2D eigenvalue weighted by molar-refractivity contribution is 8.76. The molecule has 5 rings (SSSR count). The van der Waals surface area contributed by atoms with Gasteiger partial charge in [-0.25, -0.2) is 14.6 Å². The first kappa shape index (κ1) is 61.2. The molecule has 1 aromatic heterocycles. The van der Waals surface area contributed by atoms with Crippen molar-refractivity contribution in [2.24, 2.45) is 23.7 Å². The van der Waals surface area contributed by atoms with E-state index < -0.39 is 42.9 Å². The lowest BCUT2D eigenvalue weighted by Crippen LogP contribution is -2.42. The number of benzene rings is 2. The lowest BCUT2D eigenvalue weighted by molar-refractivity contribution is -0.385. The highest BCUT2D eigenvalue weighted by atomic mass is 33.1. The molecule has 2 saturated carbocycles. The minimum atomic E-state index is -2.14. The Bertz CT molecular complexity index is 2580. The number of ether oxygens (including phenoxy) is 6. The van der Waals surface area contributed by atoms with Crippen LogP contribution < -0.4 is 29.6 Å². The molecule has 3 N–H and O–H groups in total. The lowest BCUT2D eigenvalue weighted by Gasteiger charge is -2.37. The number of pyridine rings is 1. The highest BCUT2D eigenvalue weighted by Crippen LogP contribution is 2.45. The number of ketones is 2. The third-order valence-electron chi connectivity index (χ3n) is 13.6. The number of allylic oxidation sites excluding steroid dienone is 2. The van der Waals surface area contributed by atoms with E-state index in [1.165, 1.54) is 48.1 Å². The van der Waals surface area contributed by atoms with E-state index in [-0.39, 0.29) is 88.3 Å². The number of carbonyl (C=O) groups excluding carboxylic acids is 4. The molecule has 2 amide bonds. The number of aromatic nitrogens is 1. The van der Waals surface area contributed by atoms with Crippen LogP contribution >= 0.6 is 21.6 Å². The Morgan fingerprint density at radius 3 is 1.80 bits per heavy atom. The van der Waals surface area contributed by atoms with Crippen molar-refractivity contribution in [3.8, 4) is 23.0 Å². The summed E-state index contributed by atoms with van der Waals surface area (Å²) in [6.45, 7) is 27.0. The molecule has 0 bridgehead atoms. The van der Waals surface area contributed by atoms with Crippen LogP contribution in [0, 0.1) is 33.8 Å². The SMILES string of the molecule is C=C1CC(C(=O)c2cc(OC)c(OCCCCCOc3cc(NC(=O)OC(C)(C)C)c(C(=O)C4CC(=C)C[C@H]4CO)cc3OC)cc2NC(=O)OC[C@@H](C)SSc2ccc([N+](=O)[O-])cn2)[C@H](CO[Si](C)(C)C(C)(C)C)C1. The summed E-state index contributed by atoms with van der Waals surface area (Å²) in [6.07, 6.45) is 3.53. The van der Waals surface area contributed by atoms with E-state index in [9.17, 15) is 34.4 Å². The zero-order valence-corrected chi connectivity index (χ0v) is 48.4. The Labute approximate surface area is 455 Å². The van der Waals surface area contributed by atoms with Crippen LogP contribution in [0.25, 0.3) is 0 Å². The number of aliphatic hydroxyl groups excluding tert-OH is 1. The lowest BCUT2D eigenvalue weighted by atomic mass is 9.88. The third kappa shape index (κ3) is 17.2. The normalized spacial score (nSPS) is 18.2. The summed E-state index contributed by atoms with van der Waals surface area (Å²) in [7, 11) is 3.47. The number of hydrogen-bond acceptors (Lipinski definition) is 17. The molecule has 3 aromatic rings. The average molecular weight is 1110 g/mol. The van der Waals surface area contributed by atoms with Gasteiger partial charge in [-0.3, -0.25) is 30.3 Å². The van der Waals surface area contributed by atoms with Crippen molar-refractivity contribution in [1.29, 1.82) is 0 Å². The Hall–Kier alpha value is -5.61. The Morgan fingerprint density at radius 1 is 0.803 bits per heavy atom. The zero-order valence-electron chi connectivity index (χ0n) is 45.8. The van der Waals surface area contributed by atoms with E-state index in [2.05, 4.69) is 62.6 Å². The number of Topliss-reactive ketones (excluding diaryl/α,β-unsaturated/α-hetero) is 2. The number of nitro groups is 1. The smallest absolute Gasteiger partial charge is 0.412 e. The number of nitrogens with one attached hydrogen (secondary N) is 2. The maximum atomic E-state index is 14.7. The predicted molar refractivity (Wildman–Crippen MR) is 299 cm³/mol. The molecule has 18 nitrogen and oxygen atoms in total. The quantitative estimate of drug-likeness (QED) is 0.0129. The molecule has 0 aliphatic heterocycles. The number of nitrogens with zero attached hydrogens (tertiary/aromatic N) is 2. The number of rotatable bonds is 26. The molecular weight excluding hydrogens is 1030 g/mol. The highest BCUT2D eigenvalue weighted by Gasteiger charge is 2.42. The van der Waals surface area contributed by atoms with Gasteiger partial charge >= 0.3 is 12.2 Å². The third-order valence-corrected chi connectivity index (χ3v) is 20.9. The maximum absolute atomic E-state index is 14.7. The topological polar surface area (TPSA) is 233 Å². The van der Waals surface area contributed by atoms with Gasteiger partial charge in [0, 0.05) is 59.6 Å². The summed E-state index contributed by atoms with van der Waals surface area (Å²) in [5.74, 6) is -0.666. The second-order valence-corrected chi connectivity index (χ2v) is 29.3. The Morgan fingerprint density at radius 2 is 1.33 bits per heavy atom. The van der Waals surface area contributed by atoms with Gasteiger partial charge in [-0.1, -0.05) is 55.9 Å². The molecule has 0 spiro atoms. The Kier molecular flexibility index (Phi) is 21.9. The first-order valence-electron chi connectivity index (χ1n) is 25.5. The van der Waals surface area contributed by atoms with Gasteiger partial charge in [0.05, 0.1) is 43.7 Å². The molecule has 2 aliphatic carbocycles. The molecule has 0 saturated heterocycles. The fourth-order valence-electron chi connectivity index (χ4n) is 8.53. The van der Waals surface area contributed by atoms with E-state index in [0.717, 1.165) is 11.1 Å². The number of hydrogen-bond donors (Lipinski definition) is 3. The van der Waals surface area contributed by atoms with E-state index in [1.807, 2.05) is 6.92 Å². The van der Waals surface area contributed by atoms with Crippen LogP contribution in [0.2, 0.25) is 18.1 Å². The van der Waals surface area contributed by atoms with Gasteiger partial charge in [0.1, 0.15) is 23.4 Å². The molecule has 2 unspecified atom stereocenters. The van der Waals surface area contributed by atoms with Crippen molar-refractivity contribution in [3.05, 3.63) is 88.1 Å². The molecule has 1 heterocycles. The van der Waals surface area contributed by atoms with Crippen LogP contribution in [0.15, 0.2) is 71.9 Å². The largest absolute Gasteiger partial charge is 0.493 e. The summed E-state index contributed by atoms with van der Waals surface area (Å²) in [4.78, 5) is 69.9. The zero-order chi connectivity index (χ0) is 56.1. The van der Waals surface area contributed by atoms with Crippen molar-refractivity contribution < 1.29 is 62.1 Å². The minimum Gasteiger partial charge on any atom is -0.493 e.